The fourth-order valence-electron chi connectivity index (χ4n) is 3.54. The van der Waals surface area contributed by atoms with Crippen molar-refractivity contribution in [3.8, 4) is 11.8 Å². The van der Waals surface area contributed by atoms with Gasteiger partial charge in [-0.1, -0.05) is 24.0 Å². The van der Waals surface area contributed by atoms with Crippen LogP contribution in [-0.2, 0) is 11.2 Å². The van der Waals surface area contributed by atoms with Crippen LogP contribution in [0.3, 0.4) is 0 Å². The Kier molecular flexibility index (Phi) is 4.83. The third-order valence-corrected chi connectivity index (χ3v) is 4.92. The predicted molar refractivity (Wildman–Crippen MR) is 87.6 cm³/mol. The number of fused-ring (bicyclic) bond motifs is 3. The summed E-state index contributed by atoms with van der Waals surface area (Å²) in [5, 5.41) is 10.8. The largest absolute Gasteiger partial charge is 0.385 e. The maximum atomic E-state index is 10.8. The molecule has 1 aromatic rings. The van der Waals surface area contributed by atoms with E-state index in [0.717, 1.165) is 50.9 Å². The molecule has 0 spiro atoms. The minimum atomic E-state index is -0.812. The van der Waals surface area contributed by atoms with Crippen molar-refractivity contribution in [1.29, 1.82) is 0 Å². The highest BCUT2D eigenvalue weighted by molar-refractivity contribution is 5.38. The molecule has 3 aliphatic heterocycles. The summed E-state index contributed by atoms with van der Waals surface area (Å²) < 4.78 is 5.07. The average molecular weight is 299 g/mol. The van der Waals surface area contributed by atoms with Gasteiger partial charge in [0.2, 0.25) is 0 Å². The van der Waals surface area contributed by atoms with Gasteiger partial charge in [0.1, 0.15) is 5.60 Å². The number of nitrogens with zero attached hydrogens (tertiary/aromatic N) is 1. The van der Waals surface area contributed by atoms with E-state index in [2.05, 4.69) is 41.0 Å². The van der Waals surface area contributed by atoms with Crippen LogP contribution in [0.2, 0.25) is 0 Å². The van der Waals surface area contributed by atoms with Crippen molar-refractivity contribution in [2.45, 2.75) is 31.3 Å². The van der Waals surface area contributed by atoms with Crippen molar-refractivity contribution < 1.29 is 9.84 Å². The van der Waals surface area contributed by atoms with E-state index >= 15 is 0 Å². The Hall–Kier alpha value is -1.34. The molecule has 0 saturated carbocycles. The van der Waals surface area contributed by atoms with Crippen LogP contribution >= 0.6 is 0 Å². The number of benzene rings is 1. The summed E-state index contributed by atoms with van der Waals surface area (Å²) in [6.45, 7) is 3.74. The van der Waals surface area contributed by atoms with E-state index in [9.17, 15) is 5.11 Å². The molecule has 1 N–H and O–H groups in total. The number of methoxy groups -OCH3 is 1. The first-order valence-corrected chi connectivity index (χ1v) is 8.25. The predicted octanol–water partition coefficient (Wildman–Crippen LogP) is 2.07. The smallest absolute Gasteiger partial charge is 0.141 e. The molecule has 3 nitrogen and oxygen atoms in total. The van der Waals surface area contributed by atoms with Crippen LogP contribution in [0.25, 0.3) is 0 Å². The highest BCUT2D eigenvalue weighted by Crippen LogP contribution is 2.35. The summed E-state index contributed by atoms with van der Waals surface area (Å²) in [6, 6.07) is 8.36. The van der Waals surface area contributed by atoms with Crippen molar-refractivity contribution in [2.75, 3.05) is 33.4 Å². The van der Waals surface area contributed by atoms with Crippen molar-refractivity contribution in [3.05, 3.63) is 35.4 Å². The molecule has 4 rings (SSSR count). The van der Waals surface area contributed by atoms with Crippen LogP contribution in [0.15, 0.2) is 24.3 Å². The number of rotatable bonds is 4. The fourth-order valence-corrected chi connectivity index (χ4v) is 3.54. The molecular weight excluding hydrogens is 274 g/mol. The molecule has 118 valence electrons. The van der Waals surface area contributed by atoms with E-state index in [1.165, 1.54) is 5.56 Å². The van der Waals surface area contributed by atoms with Crippen molar-refractivity contribution in [1.82, 2.24) is 4.90 Å². The van der Waals surface area contributed by atoms with Crippen LogP contribution in [0.4, 0.5) is 0 Å². The molecule has 1 unspecified atom stereocenters. The average Bonchev–Trinajstić information content (AvgIpc) is 2.55. The normalized spacial score (nSPS) is 29.9. The van der Waals surface area contributed by atoms with E-state index in [1.807, 2.05) is 0 Å². The van der Waals surface area contributed by atoms with Gasteiger partial charge >= 0.3 is 0 Å². The zero-order valence-electron chi connectivity index (χ0n) is 13.3. The van der Waals surface area contributed by atoms with Gasteiger partial charge in [-0.25, -0.2) is 0 Å². The molecule has 3 aliphatic rings. The maximum Gasteiger partial charge on any atom is 0.141 e. The lowest BCUT2D eigenvalue weighted by Gasteiger charge is -2.47. The number of ether oxygens (including phenoxy) is 1. The van der Waals surface area contributed by atoms with Crippen molar-refractivity contribution in [2.24, 2.45) is 5.92 Å². The van der Waals surface area contributed by atoms with Gasteiger partial charge < -0.3 is 9.84 Å². The molecule has 0 aliphatic carbocycles. The standard InChI is InChI=1S/C19H25NO2/c1-22-14-2-3-16-4-6-17(7-5-16)8-11-19(21)15-20-12-9-18(19)10-13-20/h4-7,18,21H,2-3,9-10,12-15H2,1H3. The molecule has 3 fully saturated rings. The molecule has 3 heteroatoms. The molecule has 2 bridgehead atoms. The quantitative estimate of drug-likeness (QED) is 0.682. The lowest BCUT2D eigenvalue weighted by molar-refractivity contribution is -0.0713. The molecule has 0 radical (unpaired) electrons. The monoisotopic (exact) mass is 299 g/mol. The maximum absolute atomic E-state index is 10.8. The summed E-state index contributed by atoms with van der Waals surface area (Å²) in [5.74, 6) is 6.69. The Morgan fingerprint density at radius 2 is 2.00 bits per heavy atom. The Bertz CT molecular complexity index is 549. The Morgan fingerprint density at radius 1 is 1.27 bits per heavy atom. The Morgan fingerprint density at radius 3 is 2.59 bits per heavy atom. The highest BCUT2D eigenvalue weighted by atomic mass is 16.5. The van der Waals surface area contributed by atoms with Gasteiger partial charge in [0.15, 0.2) is 0 Å². The highest BCUT2D eigenvalue weighted by Gasteiger charge is 2.44. The van der Waals surface area contributed by atoms with Gasteiger partial charge in [-0.15, -0.1) is 0 Å². The van der Waals surface area contributed by atoms with Crippen LogP contribution in [0, 0.1) is 17.8 Å². The molecule has 3 saturated heterocycles. The van der Waals surface area contributed by atoms with Crippen LogP contribution in [0.1, 0.15) is 30.4 Å². The molecule has 0 aromatic heterocycles. The number of piperidine rings is 3. The summed E-state index contributed by atoms with van der Waals surface area (Å²) in [7, 11) is 1.73. The zero-order valence-corrected chi connectivity index (χ0v) is 13.3. The van der Waals surface area contributed by atoms with E-state index in [1.54, 1.807) is 7.11 Å². The SMILES string of the molecule is COCCCc1ccc(C#CC2(O)CN3CCC2CC3)cc1. The molecular formula is C19H25NO2. The number of hydrogen-bond donors (Lipinski definition) is 1. The Labute approximate surface area is 133 Å². The molecule has 22 heavy (non-hydrogen) atoms. The number of aliphatic hydroxyl groups is 1. The van der Waals surface area contributed by atoms with Gasteiger partial charge in [0, 0.05) is 31.7 Å². The van der Waals surface area contributed by atoms with E-state index in [-0.39, 0.29) is 0 Å². The summed E-state index contributed by atoms with van der Waals surface area (Å²) in [4.78, 5) is 2.33. The topological polar surface area (TPSA) is 32.7 Å². The van der Waals surface area contributed by atoms with Crippen LogP contribution in [-0.4, -0.2) is 49.0 Å². The molecule has 1 atom stereocenters. The van der Waals surface area contributed by atoms with Gasteiger partial charge in [-0.05, 0) is 56.5 Å². The minimum absolute atomic E-state index is 0.346. The third kappa shape index (κ3) is 3.52. The van der Waals surface area contributed by atoms with E-state index in [0.29, 0.717) is 12.5 Å². The van der Waals surface area contributed by atoms with Gasteiger partial charge in [-0.3, -0.25) is 4.90 Å². The number of aryl methyl sites for hydroxylation is 1. The Balaban J connectivity index is 1.64. The van der Waals surface area contributed by atoms with Crippen molar-refractivity contribution >= 4 is 0 Å². The molecule has 3 heterocycles. The lowest BCUT2D eigenvalue weighted by Crippen LogP contribution is -2.58. The van der Waals surface area contributed by atoms with E-state index < -0.39 is 5.60 Å². The first-order chi connectivity index (χ1) is 10.7. The summed E-state index contributed by atoms with van der Waals surface area (Å²) >= 11 is 0. The second kappa shape index (κ2) is 6.83. The van der Waals surface area contributed by atoms with E-state index in [4.69, 9.17) is 4.74 Å². The fraction of sp³-hybridized carbons (Fsp3) is 0.579. The number of hydrogen-bond acceptors (Lipinski definition) is 3. The second-order valence-electron chi connectivity index (χ2n) is 6.52. The van der Waals surface area contributed by atoms with Crippen LogP contribution in [0.5, 0.6) is 0 Å². The van der Waals surface area contributed by atoms with Gasteiger partial charge in [-0.2, -0.15) is 0 Å². The summed E-state index contributed by atoms with van der Waals surface area (Å²) in [6.07, 6.45) is 4.22. The first kappa shape index (κ1) is 15.6. The van der Waals surface area contributed by atoms with Gasteiger partial charge in [0.05, 0.1) is 0 Å². The molecule has 0 amide bonds. The van der Waals surface area contributed by atoms with Crippen molar-refractivity contribution in [3.63, 3.8) is 0 Å². The third-order valence-electron chi connectivity index (χ3n) is 4.92. The second-order valence-corrected chi connectivity index (χ2v) is 6.52. The first-order valence-electron chi connectivity index (χ1n) is 8.25. The lowest BCUT2D eigenvalue weighted by atomic mass is 9.76. The van der Waals surface area contributed by atoms with Crippen LogP contribution < -0.4 is 0 Å². The molecule has 1 aromatic carbocycles. The van der Waals surface area contributed by atoms with Gasteiger partial charge in [0.25, 0.3) is 0 Å². The zero-order chi connectivity index (χ0) is 15.4. The summed E-state index contributed by atoms with van der Waals surface area (Å²) in [5.41, 5.74) is 1.48. The minimum Gasteiger partial charge on any atom is -0.385 e.